The molecule has 0 bridgehead atoms. The van der Waals surface area contributed by atoms with E-state index in [1.54, 1.807) is 18.2 Å². The third-order valence-corrected chi connectivity index (χ3v) is 3.44. The number of nitrogens with one attached hydrogen (secondary N) is 1. The van der Waals surface area contributed by atoms with Crippen molar-refractivity contribution in [3.05, 3.63) is 70.5 Å². The first-order valence-electron chi connectivity index (χ1n) is 6.91. The molecule has 0 aliphatic heterocycles. The van der Waals surface area contributed by atoms with Gasteiger partial charge in [0.15, 0.2) is 0 Å². The Bertz CT molecular complexity index is 623. The summed E-state index contributed by atoms with van der Waals surface area (Å²) in [7, 11) is 0. The third kappa shape index (κ3) is 4.39. The van der Waals surface area contributed by atoms with Crippen LogP contribution in [0.3, 0.4) is 0 Å². The van der Waals surface area contributed by atoms with Crippen LogP contribution in [-0.4, -0.2) is 12.5 Å². The van der Waals surface area contributed by atoms with Crippen LogP contribution in [0.15, 0.2) is 42.5 Å². The van der Waals surface area contributed by atoms with E-state index in [1.807, 2.05) is 25.1 Å². The molecular formula is C17H19FN2O. The van der Waals surface area contributed by atoms with Gasteiger partial charge in [0.2, 0.25) is 5.91 Å². The molecule has 110 valence electrons. The molecule has 0 unspecified atom stereocenters. The van der Waals surface area contributed by atoms with Gasteiger partial charge in [0.25, 0.3) is 0 Å². The zero-order valence-corrected chi connectivity index (χ0v) is 12.0. The molecule has 0 aromatic heterocycles. The van der Waals surface area contributed by atoms with Gasteiger partial charge in [-0.1, -0.05) is 18.2 Å². The highest BCUT2D eigenvalue weighted by Gasteiger charge is 2.01. The molecular weight excluding hydrogens is 267 g/mol. The van der Waals surface area contributed by atoms with Crippen LogP contribution < -0.4 is 11.1 Å². The van der Waals surface area contributed by atoms with Gasteiger partial charge in [0.1, 0.15) is 5.82 Å². The number of hydrogen-bond donors (Lipinski definition) is 2. The molecule has 0 saturated carbocycles. The van der Waals surface area contributed by atoms with Crippen molar-refractivity contribution in [3.8, 4) is 0 Å². The van der Waals surface area contributed by atoms with Gasteiger partial charge in [-0.2, -0.15) is 0 Å². The van der Waals surface area contributed by atoms with Gasteiger partial charge in [-0.3, -0.25) is 4.79 Å². The maximum atomic E-state index is 13.0. The molecule has 0 saturated heterocycles. The predicted molar refractivity (Wildman–Crippen MR) is 81.5 cm³/mol. The van der Waals surface area contributed by atoms with Crippen molar-refractivity contribution in [2.45, 2.75) is 19.9 Å². The van der Waals surface area contributed by atoms with Crippen molar-refractivity contribution in [1.82, 2.24) is 5.32 Å². The van der Waals surface area contributed by atoms with Gasteiger partial charge in [-0.15, -0.1) is 0 Å². The fourth-order valence-electron chi connectivity index (χ4n) is 2.18. The lowest BCUT2D eigenvalue weighted by Crippen LogP contribution is -2.17. The lowest BCUT2D eigenvalue weighted by molar-refractivity contribution is 0.100. The minimum Gasteiger partial charge on any atom is -0.366 e. The quantitative estimate of drug-likeness (QED) is 0.802. The molecule has 1 amide bonds. The Kier molecular flexibility index (Phi) is 5.06. The average molecular weight is 286 g/mol. The second kappa shape index (κ2) is 6.99. The highest BCUT2D eigenvalue weighted by molar-refractivity contribution is 5.92. The Morgan fingerprint density at radius 1 is 1.19 bits per heavy atom. The third-order valence-electron chi connectivity index (χ3n) is 3.44. The molecule has 0 atom stereocenters. The van der Waals surface area contributed by atoms with Crippen molar-refractivity contribution in [3.63, 3.8) is 0 Å². The minimum atomic E-state index is -0.415. The van der Waals surface area contributed by atoms with Crippen LogP contribution in [0.1, 0.15) is 27.0 Å². The molecule has 0 fully saturated rings. The molecule has 0 aliphatic carbocycles. The van der Waals surface area contributed by atoms with Crippen LogP contribution in [-0.2, 0) is 13.0 Å². The number of carbonyl (C=O) groups excluding carboxylic acids is 1. The van der Waals surface area contributed by atoms with Crippen LogP contribution in [0.5, 0.6) is 0 Å². The van der Waals surface area contributed by atoms with Gasteiger partial charge in [-0.05, 0) is 60.8 Å². The molecule has 2 aromatic carbocycles. The maximum absolute atomic E-state index is 13.0. The number of carbonyl (C=O) groups is 1. The lowest BCUT2D eigenvalue weighted by Gasteiger charge is -2.08. The summed E-state index contributed by atoms with van der Waals surface area (Å²) in [4.78, 5) is 11.0. The molecule has 4 heteroatoms. The number of rotatable bonds is 6. The number of primary amides is 1. The summed E-state index contributed by atoms with van der Waals surface area (Å²) in [5, 5.41) is 3.33. The minimum absolute atomic E-state index is 0.196. The van der Waals surface area contributed by atoms with Crippen molar-refractivity contribution < 1.29 is 9.18 Å². The maximum Gasteiger partial charge on any atom is 0.248 e. The molecule has 3 N–H and O–H groups in total. The number of benzene rings is 2. The number of halogens is 1. The smallest absolute Gasteiger partial charge is 0.248 e. The van der Waals surface area contributed by atoms with Crippen LogP contribution in [0, 0.1) is 12.7 Å². The highest BCUT2D eigenvalue weighted by atomic mass is 19.1. The summed E-state index contributed by atoms with van der Waals surface area (Å²) >= 11 is 0. The van der Waals surface area contributed by atoms with Gasteiger partial charge in [0.05, 0.1) is 0 Å². The predicted octanol–water partition coefficient (Wildman–Crippen LogP) is 2.57. The summed E-state index contributed by atoms with van der Waals surface area (Å²) < 4.78 is 13.0. The Balaban J connectivity index is 1.80. The molecule has 2 aromatic rings. The Hall–Kier alpha value is -2.20. The second-order valence-corrected chi connectivity index (χ2v) is 5.06. The van der Waals surface area contributed by atoms with Crippen molar-refractivity contribution in [2.24, 2.45) is 5.73 Å². The number of amides is 1. The summed E-state index contributed by atoms with van der Waals surface area (Å²) in [6.45, 7) is 3.45. The summed E-state index contributed by atoms with van der Waals surface area (Å²) in [6, 6.07) is 12.1. The fraction of sp³-hybridized carbons (Fsp3) is 0.235. The van der Waals surface area contributed by atoms with Crippen LogP contribution in [0.25, 0.3) is 0 Å². The van der Waals surface area contributed by atoms with Crippen LogP contribution in [0.2, 0.25) is 0 Å². The molecule has 21 heavy (non-hydrogen) atoms. The van der Waals surface area contributed by atoms with Crippen molar-refractivity contribution >= 4 is 5.91 Å². The molecule has 3 nitrogen and oxygen atoms in total. The molecule has 0 aliphatic rings. The lowest BCUT2D eigenvalue weighted by atomic mass is 10.1. The topological polar surface area (TPSA) is 55.1 Å². The van der Waals surface area contributed by atoms with Crippen molar-refractivity contribution in [2.75, 3.05) is 6.54 Å². The second-order valence-electron chi connectivity index (χ2n) is 5.06. The number of nitrogens with two attached hydrogens (primary N) is 1. The van der Waals surface area contributed by atoms with Gasteiger partial charge < -0.3 is 11.1 Å². The Morgan fingerprint density at radius 3 is 2.52 bits per heavy atom. The summed E-state index contributed by atoms with van der Waals surface area (Å²) in [5.74, 6) is -0.611. The first-order valence-corrected chi connectivity index (χ1v) is 6.91. The number of aryl methyl sites for hydroxylation is 1. The highest BCUT2D eigenvalue weighted by Crippen LogP contribution is 2.10. The first-order chi connectivity index (χ1) is 10.1. The van der Waals surface area contributed by atoms with E-state index >= 15 is 0 Å². The SMILES string of the molecule is Cc1cc(F)ccc1CCNCc1ccc(C(N)=O)cc1. The largest absolute Gasteiger partial charge is 0.366 e. The number of hydrogen-bond acceptors (Lipinski definition) is 2. The molecule has 2 rings (SSSR count). The monoisotopic (exact) mass is 286 g/mol. The Morgan fingerprint density at radius 2 is 1.90 bits per heavy atom. The zero-order chi connectivity index (χ0) is 15.2. The zero-order valence-electron chi connectivity index (χ0n) is 12.0. The van der Waals surface area contributed by atoms with Crippen LogP contribution >= 0.6 is 0 Å². The standard InChI is InChI=1S/C17H19FN2O/c1-12-10-16(18)7-6-14(12)8-9-20-11-13-2-4-15(5-3-13)17(19)21/h2-7,10,20H,8-9,11H2,1H3,(H2,19,21). The first kappa shape index (κ1) is 15.2. The van der Waals surface area contributed by atoms with E-state index < -0.39 is 5.91 Å². The van der Waals surface area contributed by atoms with E-state index in [0.29, 0.717) is 5.56 Å². The van der Waals surface area contributed by atoms with Gasteiger partial charge in [0, 0.05) is 12.1 Å². The normalized spacial score (nSPS) is 10.6. The molecule has 0 heterocycles. The van der Waals surface area contributed by atoms with Gasteiger partial charge in [-0.25, -0.2) is 4.39 Å². The van der Waals surface area contributed by atoms with E-state index in [4.69, 9.17) is 5.73 Å². The van der Waals surface area contributed by atoms with E-state index in [2.05, 4.69) is 5.32 Å². The van der Waals surface area contributed by atoms with E-state index in [-0.39, 0.29) is 5.82 Å². The Labute approximate surface area is 124 Å². The van der Waals surface area contributed by atoms with Crippen molar-refractivity contribution in [1.29, 1.82) is 0 Å². The molecule has 0 spiro atoms. The summed E-state index contributed by atoms with van der Waals surface area (Å²) in [5.41, 5.74) is 8.92. The summed E-state index contributed by atoms with van der Waals surface area (Å²) in [6.07, 6.45) is 0.853. The van der Waals surface area contributed by atoms with E-state index in [0.717, 1.165) is 36.2 Å². The van der Waals surface area contributed by atoms with Crippen LogP contribution in [0.4, 0.5) is 4.39 Å². The van der Waals surface area contributed by atoms with E-state index in [1.165, 1.54) is 6.07 Å². The average Bonchev–Trinajstić information content (AvgIpc) is 2.46. The van der Waals surface area contributed by atoms with E-state index in [9.17, 15) is 9.18 Å². The molecule has 0 radical (unpaired) electrons. The van der Waals surface area contributed by atoms with Gasteiger partial charge >= 0.3 is 0 Å². The fourth-order valence-corrected chi connectivity index (χ4v) is 2.18.